The number of hydrogen-bond donors (Lipinski definition) is 0. The Morgan fingerprint density at radius 2 is 1.35 bits per heavy atom. The molecule has 0 aromatic heterocycles. The van der Waals surface area contributed by atoms with Crippen molar-refractivity contribution >= 4 is 17.7 Å². The molecule has 0 spiro atoms. The molecule has 0 N–H and O–H groups in total. The van der Waals surface area contributed by atoms with Gasteiger partial charge in [-0.2, -0.15) is 0 Å². The Labute approximate surface area is 229 Å². The van der Waals surface area contributed by atoms with Gasteiger partial charge in [-0.1, -0.05) is 138 Å². The van der Waals surface area contributed by atoms with Crippen molar-refractivity contribution in [1.29, 1.82) is 0 Å². The highest BCUT2D eigenvalue weighted by molar-refractivity contribution is 5.75. The van der Waals surface area contributed by atoms with Crippen LogP contribution in [0.25, 0.3) is 17.7 Å². The lowest BCUT2D eigenvalue weighted by atomic mass is 9.74. The Bertz CT molecular complexity index is 1280. The van der Waals surface area contributed by atoms with E-state index in [0.717, 1.165) is 25.7 Å². The maximum Gasteiger partial charge on any atom is -0.0131 e. The summed E-state index contributed by atoms with van der Waals surface area (Å²) in [4.78, 5) is 0. The lowest BCUT2D eigenvalue weighted by Crippen LogP contribution is -2.31. The Morgan fingerprint density at radius 1 is 0.730 bits per heavy atom. The summed E-state index contributed by atoms with van der Waals surface area (Å²) in [6.07, 6.45) is 9.39. The van der Waals surface area contributed by atoms with Crippen LogP contribution in [0, 0.1) is 10.8 Å². The second kappa shape index (κ2) is 10.2. The van der Waals surface area contributed by atoms with Crippen molar-refractivity contribution in [2.45, 2.75) is 127 Å². The summed E-state index contributed by atoms with van der Waals surface area (Å²) in [5, 5.41) is 2.81. The van der Waals surface area contributed by atoms with Gasteiger partial charge < -0.3 is 0 Å². The zero-order valence-corrected chi connectivity index (χ0v) is 26.4. The highest BCUT2D eigenvalue weighted by Crippen LogP contribution is 2.40. The summed E-state index contributed by atoms with van der Waals surface area (Å²) in [5.41, 5.74) is 11.1. The monoisotopic (exact) mass is 498 g/mol. The zero-order valence-electron chi connectivity index (χ0n) is 26.4. The van der Waals surface area contributed by atoms with Gasteiger partial charge >= 0.3 is 0 Å². The third-order valence-corrected chi connectivity index (χ3v) is 7.94. The fourth-order valence-electron chi connectivity index (χ4n) is 5.33. The van der Waals surface area contributed by atoms with Gasteiger partial charge in [0.25, 0.3) is 0 Å². The molecular formula is C37H54. The van der Waals surface area contributed by atoms with Gasteiger partial charge in [-0.05, 0) is 91.2 Å². The summed E-state index contributed by atoms with van der Waals surface area (Å²) >= 11 is 0. The molecule has 0 unspecified atom stereocenters. The van der Waals surface area contributed by atoms with Crippen LogP contribution in [-0.2, 0) is 17.3 Å². The maximum atomic E-state index is 2.53. The van der Waals surface area contributed by atoms with Gasteiger partial charge in [0, 0.05) is 0 Å². The van der Waals surface area contributed by atoms with Gasteiger partial charge in [-0.15, -0.1) is 0 Å². The molecule has 0 amide bonds. The fourth-order valence-corrected chi connectivity index (χ4v) is 5.33. The minimum atomic E-state index is 0.104. The maximum absolute atomic E-state index is 2.53. The molecule has 0 nitrogen and oxygen atoms in total. The van der Waals surface area contributed by atoms with Crippen molar-refractivity contribution in [3.05, 3.63) is 74.2 Å². The van der Waals surface area contributed by atoms with Crippen molar-refractivity contribution in [3.63, 3.8) is 0 Å². The first-order valence-corrected chi connectivity index (χ1v) is 14.5. The Balaban J connectivity index is 2.44. The molecule has 0 aliphatic heterocycles. The van der Waals surface area contributed by atoms with E-state index in [4.69, 9.17) is 0 Å². The first-order chi connectivity index (χ1) is 16.8. The minimum Gasteiger partial charge on any atom is -0.0761 e. The molecule has 3 rings (SSSR count). The van der Waals surface area contributed by atoms with Crippen LogP contribution in [0.4, 0.5) is 0 Å². The normalized spacial score (nSPS) is 16.5. The third-order valence-electron chi connectivity index (χ3n) is 7.94. The molecule has 202 valence electrons. The number of benzene rings is 2. The van der Waals surface area contributed by atoms with Gasteiger partial charge in [0.05, 0.1) is 0 Å². The number of rotatable bonds is 3. The average molecular weight is 499 g/mol. The molecule has 0 saturated carbocycles. The lowest BCUT2D eigenvalue weighted by Gasteiger charge is -2.31. The molecule has 0 fully saturated rings. The van der Waals surface area contributed by atoms with Crippen LogP contribution >= 0.6 is 0 Å². The van der Waals surface area contributed by atoms with Gasteiger partial charge in [-0.3, -0.25) is 0 Å². The van der Waals surface area contributed by atoms with Crippen molar-refractivity contribution in [2.24, 2.45) is 10.8 Å². The molecule has 37 heavy (non-hydrogen) atoms. The van der Waals surface area contributed by atoms with E-state index in [1.165, 1.54) is 38.3 Å². The SMILES string of the molecule is CC/C(c1cc(C(C)(C)C)cc2c1CCC(C(C)(C)C)=C2)=c1/ccc(C(C)(C)C)c/c1=C/CC(C)(C)C. The number of hydrogen-bond acceptors (Lipinski definition) is 0. The first kappa shape index (κ1) is 29.5. The largest absolute Gasteiger partial charge is 0.0761 e. The molecule has 1 aliphatic rings. The lowest BCUT2D eigenvalue weighted by molar-refractivity contribution is 0.431. The van der Waals surface area contributed by atoms with Crippen molar-refractivity contribution < 1.29 is 0 Å². The molecule has 0 atom stereocenters. The summed E-state index contributed by atoms with van der Waals surface area (Å²) in [6.45, 7) is 30.4. The van der Waals surface area contributed by atoms with Crippen LogP contribution in [0.2, 0.25) is 0 Å². The van der Waals surface area contributed by atoms with E-state index in [-0.39, 0.29) is 21.7 Å². The van der Waals surface area contributed by atoms with Crippen LogP contribution in [0.15, 0.2) is 35.9 Å². The van der Waals surface area contributed by atoms with Gasteiger partial charge in [0.15, 0.2) is 0 Å². The quantitative estimate of drug-likeness (QED) is 0.395. The molecule has 2 aromatic rings. The Kier molecular flexibility index (Phi) is 8.16. The Morgan fingerprint density at radius 3 is 1.86 bits per heavy atom. The fraction of sp³-hybridized carbons (Fsp3) is 0.568. The highest BCUT2D eigenvalue weighted by atomic mass is 14.3. The summed E-state index contributed by atoms with van der Waals surface area (Å²) in [6, 6.07) is 12.3. The van der Waals surface area contributed by atoms with Gasteiger partial charge in [-0.25, -0.2) is 0 Å². The van der Waals surface area contributed by atoms with E-state index < -0.39 is 0 Å². The van der Waals surface area contributed by atoms with Gasteiger partial charge in [0.2, 0.25) is 0 Å². The van der Waals surface area contributed by atoms with Gasteiger partial charge in [0.1, 0.15) is 0 Å². The summed E-state index contributed by atoms with van der Waals surface area (Å²) < 4.78 is 0. The van der Waals surface area contributed by atoms with Crippen LogP contribution in [0.3, 0.4) is 0 Å². The number of fused-ring (bicyclic) bond motifs is 1. The summed E-state index contributed by atoms with van der Waals surface area (Å²) in [7, 11) is 0. The molecule has 0 heterocycles. The van der Waals surface area contributed by atoms with Crippen LogP contribution in [-0.4, -0.2) is 0 Å². The van der Waals surface area contributed by atoms with Crippen LogP contribution in [0.1, 0.15) is 137 Å². The van der Waals surface area contributed by atoms with E-state index >= 15 is 0 Å². The predicted octanol–water partition coefficient (Wildman–Crippen LogP) is 9.48. The van der Waals surface area contributed by atoms with Crippen molar-refractivity contribution in [2.75, 3.05) is 0 Å². The van der Waals surface area contributed by atoms with Crippen molar-refractivity contribution in [1.82, 2.24) is 0 Å². The average Bonchev–Trinajstić information content (AvgIpc) is 2.75. The molecular weight excluding hydrogens is 444 g/mol. The van der Waals surface area contributed by atoms with E-state index in [2.05, 4.69) is 132 Å². The van der Waals surface area contributed by atoms with E-state index in [0.29, 0.717) is 0 Å². The van der Waals surface area contributed by atoms with E-state index in [1.54, 1.807) is 11.1 Å². The van der Waals surface area contributed by atoms with Crippen LogP contribution in [0.5, 0.6) is 0 Å². The number of allylic oxidation sites excluding steroid dienone is 1. The predicted molar refractivity (Wildman–Crippen MR) is 167 cm³/mol. The van der Waals surface area contributed by atoms with Crippen molar-refractivity contribution in [3.8, 4) is 0 Å². The molecule has 0 radical (unpaired) electrons. The highest BCUT2D eigenvalue weighted by Gasteiger charge is 2.26. The summed E-state index contributed by atoms with van der Waals surface area (Å²) in [5.74, 6) is 0. The second-order valence-electron chi connectivity index (χ2n) is 15.6. The topological polar surface area (TPSA) is 0 Å². The smallest absolute Gasteiger partial charge is 0.0131 e. The van der Waals surface area contributed by atoms with E-state index in [9.17, 15) is 0 Å². The zero-order chi connectivity index (χ0) is 28.0. The molecule has 0 bridgehead atoms. The molecule has 0 saturated heterocycles. The standard InChI is InChI=1S/C37H54/c1-14-30(31-17-15-27(35(5,6)7)21-25(31)19-20-34(2,3)4)33-24-29(37(11,12)13)23-26-22-28(36(8,9)10)16-18-32(26)33/h15,17,19,21-24H,14,16,18,20H2,1-13H3/b25-19-,31-30+. The molecule has 0 heteroatoms. The molecule has 1 aliphatic carbocycles. The molecule has 2 aromatic carbocycles. The van der Waals surface area contributed by atoms with Crippen LogP contribution < -0.4 is 10.4 Å². The Hall–Kier alpha value is -2.08. The third kappa shape index (κ3) is 7.07. The van der Waals surface area contributed by atoms with E-state index in [1.807, 2.05) is 0 Å². The second-order valence-corrected chi connectivity index (χ2v) is 15.6. The first-order valence-electron chi connectivity index (χ1n) is 14.5. The minimum absolute atomic E-state index is 0.104.